The Hall–Kier alpha value is -2.75. The number of hydrogen-bond donors (Lipinski definition) is 1. The van der Waals surface area contributed by atoms with Crippen LogP contribution in [-0.4, -0.2) is 11.7 Å². The second-order valence-electron chi connectivity index (χ2n) is 5.54. The van der Waals surface area contributed by atoms with E-state index in [4.69, 9.17) is 0 Å². The van der Waals surface area contributed by atoms with E-state index in [-0.39, 0.29) is 11.7 Å². The summed E-state index contributed by atoms with van der Waals surface area (Å²) >= 11 is 0. The molecule has 0 saturated carbocycles. The van der Waals surface area contributed by atoms with Crippen LogP contribution in [0.5, 0.6) is 0 Å². The van der Waals surface area contributed by atoms with Crippen molar-refractivity contribution in [3.63, 3.8) is 0 Å². The average Bonchev–Trinajstić information content (AvgIpc) is 2.89. The molecule has 23 heavy (non-hydrogen) atoms. The quantitative estimate of drug-likeness (QED) is 0.861. The Labute approximate surface area is 134 Å². The first-order valence-corrected chi connectivity index (χ1v) is 7.52. The summed E-state index contributed by atoms with van der Waals surface area (Å²) in [6.07, 6.45) is 2.76. The Bertz CT molecular complexity index is 791. The van der Waals surface area contributed by atoms with Gasteiger partial charge >= 0.3 is 0 Å². The minimum Gasteiger partial charge on any atom is -0.309 e. The molecule has 1 N–H and O–H groups in total. The normalized spacial score (nSPS) is 15.7. The summed E-state index contributed by atoms with van der Waals surface area (Å²) in [5, 5.41) is 2.75. The molecule has 0 saturated heterocycles. The van der Waals surface area contributed by atoms with E-state index in [0.717, 1.165) is 11.1 Å². The smallest absolute Gasteiger partial charge is 0.275 e. The number of aryl methyl sites for hydroxylation is 2. The van der Waals surface area contributed by atoms with Gasteiger partial charge in [0, 0.05) is 6.42 Å². The number of rotatable bonds is 4. The summed E-state index contributed by atoms with van der Waals surface area (Å²) in [7, 11) is 0. The highest BCUT2D eigenvalue weighted by Gasteiger charge is 2.19. The maximum atomic E-state index is 13.6. The molecular formula is C19H17FN2O. The van der Waals surface area contributed by atoms with Gasteiger partial charge in [-0.3, -0.25) is 4.79 Å². The van der Waals surface area contributed by atoms with E-state index in [1.807, 2.05) is 31.2 Å². The molecule has 0 spiro atoms. The number of benzene rings is 2. The maximum absolute atomic E-state index is 13.6. The van der Waals surface area contributed by atoms with E-state index < -0.39 is 0 Å². The summed E-state index contributed by atoms with van der Waals surface area (Å²) < 4.78 is 13.6. The van der Waals surface area contributed by atoms with E-state index in [1.54, 1.807) is 24.3 Å². The minimum absolute atomic E-state index is 0.214. The van der Waals surface area contributed by atoms with Gasteiger partial charge in [-0.2, -0.15) is 0 Å². The number of carbonyl (C=O) groups is 1. The van der Waals surface area contributed by atoms with Crippen LogP contribution in [0.25, 0.3) is 6.08 Å². The van der Waals surface area contributed by atoms with Crippen LogP contribution in [0.2, 0.25) is 0 Å². The maximum Gasteiger partial charge on any atom is 0.275 e. The van der Waals surface area contributed by atoms with Gasteiger partial charge in [-0.15, -0.1) is 0 Å². The second-order valence-corrected chi connectivity index (χ2v) is 5.54. The third kappa shape index (κ3) is 3.72. The lowest BCUT2D eigenvalue weighted by Gasteiger charge is -2.02. The van der Waals surface area contributed by atoms with Crippen molar-refractivity contribution in [2.24, 2.45) is 4.99 Å². The van der Waals surface area contributed by atoms with Gasteiger partial charge in [0.2, 0.25) is 0 Å². The largest absolute Gasteiger partial charge is 0.309 e. The Morgan fingerprint density at radius 1 is 1.09 bits per heavy atom. The van der Waals surface area contributed by atoms with Gasteiger partial charge < -0.3 is 5.32 Å². The summed E-state index contributed by atoms with van der Waals surface area (Å²) in [4.78, 5) is 16.3. The van der Waals surface area contributed by atoms with Crippen LogP contribution in [0.4, 0.5) is 4.39 Å². The highest BCUT2D eigenvalue weighted by atomic mass is 19.1. The van der Waals surface area contributed by atoms with Crippen LogP contribution < -0.4 is 5.32 Å². The number of amides is 1. The van der Waals surface area contributed by atoms with Crippen molar-refractivity contribution in [3.8, 4) is 0 Å². The summed E-state index contributed by atoms with van der Waals surface area (Å²) in [5.74, 6) is 0.138. The molecule has 2 aromatic rings. The Morgan fingerprint density at radius 3 is 2.57 bits per heavy atom. The summed E-state index contributed by atoms with van der Waals surface area (Å²) in [5.41, 5.74) is 3.11. The molecule has 1 aliphatic heterocycles. The lowest BCUT2D eigenvalue weighted by molar-refractivity contribution is -0.115. The van der Waals surface area contributed by atoms with Crippen molar-refractivity contribution in [2.45, 2.75) is 19.8 Å². The van der Waals surface area contributed by atoms with Gasteiger partial charge in [0.25, 0.3) is 5.91 Å². The molecule has 116 valence electrons. The molecular weight excluding hydrogens is 291 g/mol. The van der Waals surface area contributed by atoms with E-state index in [1.165, 1.54) is 6.07 Å². The fraction of sp³-hybridized carbons (Fsp3) is 0.158. The van der Waals surface area contributed by atoms with Crippen LogP contribution in [-0.2, 0) is 11.2 Å². The predicted octanol–water partition coefficient (Wildman–Crippen LogP) is 3.64. The van der Waals surface area contributed by atoms with Crippen molar-refractivity contribution >= 4 is 17.8 Å². The summed E-state index contributed by atoms with van der Waals surface area (Å²) in [6, 6.07) is 14.5. The van der Waals surface area contributed by atoms with Gasteiger partial charge in [-0.05, 0) is 36.6 Å². The van der Waals surface area contributed by atoms with Crippen molar-refractivity contribution < 1.29 is 9.18 Å². The van der Waals surface area contributed by atoms with Gasteiger partial charge in [-0.25, -0.2) is 9.38 Å². The first kappa shape index (κ1) is 15.2. The first-order valence-electron chi connectivity index (χ1n) is 7.52. The van der Waals surface area contributed by atoms with Gasteiger partial charge in [0.05, 0.1) is 0 Å². The topological polar surface area (TPSA) is 41.5 Å². The van der Waals surface area contributed by atoms with E-state index in [0.29, 0.717) is 29.9 Å². The molecule has 3 nitrogen and oxygen atoms in total. The van der Waals surface area contributed by atoms with E-state index in [2.05, 4.69) is 10.3 Å². The van der Waals surface area contributed by atoms with Gasteiger partial charge in [0.15, 0.2) is 0 Å². The Balaban J connectivity index is 1.71. The fourth-order valence-corrected chi connectivity index (χ4v) is 2.41. The molecule has 4 heteroatoms. The number of carbonyl (C=O) groups excluding carboxylic acids is 1. The van der Waals surface area contributed by atoms with Crippen LogP contribution in [0.1, 0.15) is 23.1 Å². The molecule has 0 aliphatic carbocycles. The van der Waals surface area contributed by atoms with Crippen LogP contribution >= 0.6 is 0 Å². The minimum atomic E-state index is -0.229. The molecule has 0 atom stereocenters. The number of nitrogens with zero attached hydrogens (tertiary/aromatic N) is 1. The predicted molar refractivity (Wildman–Crippen MR) is 89.5 cm³/mol. The Morgan fingerprint density at radius 2 is 1.83 bits per heavy atom. The van der Waals surface area contributed by atoms with Gasteiger partial charge in [-0.1, -0.05) is 48.0 Å². The van der Waals surface area contributed by atoms with E-state index in [9.17, 15) is 9.18 Å². The number of hydrogen-bond acceptors (Lipinski definition) is 2. The zero-order valence-corrected chi connectivity index (χ0v) is 12.8. The van der Waals surface area contributed by atoms with Crippen molar-refractivity contribution in [1.29, 1.82) is 0 Å². The van der Waals surface area contributed by atoms with Gasteiger partial charge in [0.1, 0.15) is 17.3 Å². The zero-order chi connectivity index (χ0) is 16.2. The molecule has 0 aromatic heterocycles. The molecule has 1 aliphatic rings. The molecule has 0 bridgehead atoms. The molecule has 1 heterocycles. The molecule has 0 fully saturated rings. The highest BCUT2D eigenvalue weighted by molar-refractivity contribution is 6.14. The Kier molecular flexibility index (Phi) is 4.33. The number of aliphatic imine (C=N–C) groups is 1. The number of amidine groups is 1. The number of nitrogens with one attached hydrogen (secondary N) is 1. The molecule has 0 unspecified atom stereocenters. The molecule has 1 amide bonds. The number of halogens is 1. The average molecular weight is 308 g/mol. The monoisotopic (exact) mass is 308 g/mol. The fourth-order valence-electron chi connectivity index (χ4n) is 2.41. The molecule has 3 rings (SSSR count). The van der Waals surface area contributed by atoms with Crippen LogP contribution in [0.3, 0.4) is 0 Å². The third-order valence-corrected chi connectivity index (χ3v) is 3.72. The second kappa shape index (κ2) is 6.57. The highest BCUT2D eigenvalue weighted by Crippen LogP contribution is 2.15. The van der Waals surface area contributed by atoms with Crippen LogP contribution in [0, 0.1) is 12.7 Å². The standard InChI is InChI=1S/C19H17FN2O/c1-13-6-8-14(9-7-13)12-17-19(23)22-18(21-17)11-10-15-4-2-3-5-16(15)20/h2-9,12H,10-11H2,1H3,(H,21,22,23)/b17-12+. The SMILES string of the molecule is Cc1ccc(/C=C2/N=C(CCc3ccccc3F)NC2=O)cc1. The van der Waals surface area contributed by atoms with Crippen molar-refractivity contribution in [2.75, 3.05) is 0 Å². The molecule has 2 aromatic carbocycles. The molecule has 0 radical (unpaired) electrons. The zero-order valence-electron chi connectivity index (χ0n) is 12.8. The first-order chi connectivity index (χ1) is 11.1. The van der Waals surface area contributed by atoms with Crippen molar-refractivity contribution in [3.05, 3.63) is 76.7 Å². The lowest BCUT2D eigenvalue weighted by Crippen LogP contribution is -2.24. The summed E-state index contributed by atoms with van der Waals surface area (Å²) in [6.45, 7) is 2.01. The third-order valence-electron chi connectivity index (χ3n) is 3.72. The lowest BCUT2D eigenvalue weighted by atomic mass is 10.1. The van der Waals surface area contributed by atoms with Crippen LogP contribution in [0.15, 0.2) is 59.2 Å². The van der Waals surface area contributed by atoms with E-state index >= 15 is 0 Å². The van der Waals surface area contributed by atoms with Crippen molar-refractivity contribution in [1.82, 2.24) is 5.32 Å².